The molecule has 82 heavy (non-hydrogen) atoms. The minimum Gasteiger partial charge on any atom is -0.388 e. The molecule has 0 bridgehead atoms. The molecule has 6 aromatic rings. The fourth-order valence-electron chi connectivity index (χ4n) is 10.1. The maximum absolute atomic E-state index is 15.0. The molecule has 6 N–H and O–H groups in total. The molecule has 0 saturated heterocycles. The smallest absolute Gasteiger partial charge is 0.243 e. The summed E-state index contributed by atoms with van der Waals surface area (Å²) in [5.74, 6) is -5.94. The van der Waals surface area contributed by atoms with Crippen LogP contribution in [0.1, 0.15) is 105 Å². The van der Waals surface area contributed by atoms with E-state index < -0.39 is 123 Å². The molecule has 0 aromatic heterocycles. The average molecular weight is 1160 g/mol. The molecule has 0 aliphatic heterocycles. The second-order valence-corrected chi connectivity index (χ2v) is 31.6. The number of aliphatic hydroxyl groups is 2. The van der Waals surface area contributed by atoms with Gasteiger partial charge in [-0.1, -0.05) is 187 Å². The molecule has 0 saturated carbocycles. The monoisotopic (exact) mass is 1160 g/mol. The minimum absolute atomic E-state index is 0.00854. The normalized spacial score (nSPS) is 15.7. The highest BCUT2D eigenvalue weighted by atomic mass is 32.2. The molecule has 0 fully saturated rings. The third kappa shape index (κ3) is 16.9. The van der Waals surface area contributed by atoms with Gasteiger partial charge < -0.3 is 31.5 Å². The molecule has 442 valence electrons. The van der Waals surface area contributed by atoms with Gasteiger partial charge in [0.2, 0.25) is 23.6 Å². The van der Waals surface area contributed by atoms with Crippen LogP contribution in [0.4, 0.5) is 0 Å². The van der Waals surface area contributed by atoms with Crippen molar-refractivity contribution >= 4 is 64.8 Å². The molecule has 0 aliphatic carbocycles. The Balaban J connectivity index is 1.32. The molecule has 16 heteroatoms. The second kappa shape index (κ2) is 26.4. The molecule has 4 amide bonds. The van der Waals surface area contributed by atoms with Crippen molar-refractivity contribution in [3.63, 3.8) is 0 Å². The van der Waals surface area contributed by atoms with Gasteiger partial charge in [0.1, 0.15) is 24.3 Å². The molecular weight excluding hydrogens is 1070 g/mol. The van der Waals surface area contributed by atoms with Gasteiger partial charge in [-0.25, -0.2) is 16.8 Å². The Morgan fingerprint density at radius 1 is 0.390 bits per heavy atom. The van der Waals surface area contributed by atoms with Crippen LogP contribution in [0.2, 0.25) is 0 Å². The number of carbonyl (C=O) groups is 4. The van der Waals surface area contributed by atoms with Crippen molar-refractivity contribution in [1.82, 2.24) is 21.3 Å². The third-order valence-corrected chi connectivity index (χ3v) is 20.8. The number of hydrogen-bond acceptors (Lipinski definition) is 10. The summed E-state index contributed by atoms with van der Waals surface area (Å²) in [7, 11) is -7.74. The van der Waals surface area contributed by atoms with Crippen LogP contribution in [0.5, 0.6) is 0 Å². The van der Waals surface area contributed by atoms with Gasteiger partial charge in [0.25, 0.3) is 0 Å². The number of sulfone groups is 2. The molecule has 6 aromatic carbocycles. The predicted octanol–water partition coefficient (Wildman–Crippen LogP) is 8.68. The van der Waals surface area contributed by atoms with E-state index in [9.17, 15) is 46.2 Å². The Labute approximate surface area is 486 Å². The molecule has 0 spiro atoms. The van der Waals surface area contributed by atoms with Crippen molar-refractivity contribution in [3.8, 4) is 0 Å². The van der Waals surface area contributed by atoms with E-state index in [4.69, 9.17) is 0 Å². The van der Waals surface area contributed by atoms with E-state index in [-0.39, 0.29) is 25.7 Å². The molecule has 8 atom stereocenters. The van der Waals surface area contributed by atoms with Crippen LogP contribution in [0.25, 0.3) is 21.5 Å². The van der Waals surface area contributed by atoms with E-state index >= 15 is 0 Å². The van der Waals surface area contributed by atoms with Crippen LogP contribution < -0.4 is 21.3 Å². The SMILES string of the molecule is CC(C)(C)[C@H](NC(=O)[C@@H](Cc1cccc2ccccc12)CS(=O)(=O)C(C)(C)C)C(=O)N[C@@H](Cc1ccccc1)[C@@H](O)[C@H](O)[C@H](Cc1ccccc1)NC(=O)[C@@H](NC(=O)[C@@H](Cc1cccc2ccccc12)CS(=O)(=O)C(C)(C)C)C(C)(C)C. The Kier molecular flexibility index (Phi) is 20.8. The third-order valence-electron chi connectivity index (χ3n) is 15.4. The molecule has 0 aliphatic rings. The van der Waals surface area contributed by atoms with Gasteiger partial charge in [-0.05, 0) is 122 Å². The maximum atomic E-state index is 15.0. The van der Waals surface area contributed by atoms with Crippen molar-refractivity contribution in [2.75, 3.05) is 11.5 Å². The summed E-state index contributed by atoms with van der Waals surface area (Å²) >= 11 is 0. The summed E-state index contributed by atoms with van der Waals surface area (Å²) in [6, 6.07) is 39.5. The highest BCUT2D eigenvalue weighted by molar-refractivity contribution is 7.93. The quantitative estimate of drug-likeness (QED) is 0.0358. The number of fused-ring (bicyclic) bond motifs is 2. The largest absolute Gasteiger partial charge is 0.388 e. The summed E-state index contributed by atoms with van der Waals surface area (Å²) in [5.41, 5.74) is 0.941. The van der Waals surface area contributed by atoms with Crippen LogP contribution in [0, 0.1) is 22.7 Å². The number of aliphatic hydroxyl groups excluding tert-OH is 2. The minimum atomic E-state index is -3.87. The Morgan fingerprint density at radius 3 is 1.01 bits per heavy atom. The number of amides is 4. The molecule has 14 nitrogen and oxygen atoms in total. The van der Waals surface area contributed by atoms with Gasteiger partial charge in [-0.15, -0.1) is 0 Å². The number of rotatable bonds is 23. The highest BCUT2D eigenvalue weighted by Gasteiger charge is 2.43. The maximum Gasteiger partial charge on any atom is 0.243 e. The first-order valence-corrected chi connectivity index (χ1v) is 31.5. The van der Waals surface area contributed by atoms with Crippen molar-refractivity contribution in [2.45, 2.75) is 155 Å². The van der Waals surface area contributed by atoms with Crippen LogP contribution >= 0.6 is 0 Å². The standard InChI is InChI=1S/C66H86N4O10S2/c1-63(2,3)57(69-59(73)49(41-81(77,78)65(7,8)9)39-47-33-23-31-45-29-19-21-35-51(45)47)61(75)67-53(37-43-25-15-13-16-26-43)55(71)56(72)54(38-44-27-17-14-18-28-44)68-62(76)58(64(4,5)6)70-60(74)50(42-82(79,80)66(10,11)12)40-48-34-24-32-46-30-20-22-36-52(46)48/h13-36,49-50,53-58,71-72H,37-42H2,1-12H3,(H,67,75)(H,68,76)(H,69,73)(H,70,74)/t49-,50-,53-,54-,55+,56+,57+,58+/m0/s1. The van der Waals surface area contributed by atoms with Gasteiger partial charge in [0.15, 0.2) is 19.7 Å². The number of carbonyl (C=O) groups excluding carboxylic acids is 4. The molecule has 0 radical (unpaired) electrons. The Morgan fingerprint density at radius 2 is 0.695 bits per heavy atom. The van der Waals surface area contributed by atoms with E-state index in [1.54, 1.807) is 132 Å². The topological polar surface area (TPSA) is 225 Å². The second-order valence-electron chi connectivity index (χ2n) is 26.1. The zero-order chi connectivity index (χ0) is 60.6. The van der Waals surface area contributed by atoms with Crippen LogP contribution in [0.15, 0.2) is 146 Å². The van der Waals surface area contributed by atoms with Crippen molar-refractivity contribution in [2.24, 2.45) is 22.7 Å². The van der Waals surface area contributed by atoms with Crippen molar-refractivity contribution in [1.29, 1.82) is 0 Å². The molecule has 0 unspecified atom stereocenters. The zero-order valence-electron chi connectivity index (χ0n) is 49.7. The van der Waals surface area contributed by atoms with E-state index in [1.165, 1.54) is 0 Å². The molecule has 6 rings (SSSR count). The van der Waals surface area contributed by atoms with E-state index in [2.05, 4.69) is 21.3 Å². The Bertz CT molecular complexity index is 3160. The zero-order valence-corrected chi connectivity index (χ0v) is 51.3. The summed E-state index contributed by atoms with van der Waals surface area (Å²) in [5, 5.41) is 40.5. The van der Waals surface area contributed by atoms with Crippen molar-refractivity contribution < 1.29 is 46.2 Å². The molecular formula is C66H86N4O10S2. The first kappa shape index (κ1) is 64.7. The van der Waals surface area contributed by atoms with Crippen LogP contribution in [-0.2, 0) is 64.5 Å². The highest BCUT2D eigenvalue weighted by Crippen LogP contribution is 2.30. The van der Waals surface area contributed by atoms with E-state index in [1.807, 2.05) is 97.1 Å². The lowest BCUT2D eigenvalue weighted by Crippen LogP contribution is -2.63. The van der Waals surface area contributed by atoms with Gasteiger partial charge in [-0.2, -0.15) is 0 Å². The van der Waals surface area contributed by atoms with Gasteiger partial charge in [0.05, 0.1) is 44.9 Å². The van der Waals surface area contributed by atoms with Gasteiger partial charge in [-0.3, -0.25) is 19.2 Å². The summed E-state index contributed by atoms with van der Waals surface area (Å²) in [4.78, 5) is 59.5. The predicted molar refractivity (Wildman–Crippen MR) is 328 cm³/mol. The lowest BCUT2D eigenvalue weighted by atomic mass is 9.84. The van der Waals surface area contributed by atoms with Crippen LogP contribution in [-0.4, -0.2) is 108 Å². The lowest BCUT2D eigenvalue weighted by Gasteiger charge is -2.37. The summed E-state index contributed by atoms with van der Waals surface area (Å²) in [6.07, 6.45) is -3.46. The lowest BCUT2D eigenvalue weighted by molar-refractivity contribution is -0.135. The Hall–Kier alpha value is -6.46. The van der Waals surface area contributed by atoms with E-state index in [0.29, 0.717) is 11.1 Å². The van der Waals surface area contributed by atoms with Crippen LogP contribution in [0.3, 0.4) is 0 Å². The number of nitrogens with one attached hydrogen (secondary N) is 4. The van der Waals surface area contributed by atoms with Crippen molar-refractivity contribution in [3.05, 3.63) is 168 Å². The first-order valence-electron chi connectivity index (χ1n) is 28.2. The fourth-order valence-corrected chi connectivity index (χ4v) is 12.7. The first-order chi connectivity index (χ1) is 38.2. The van der Waals surface area contributed by atoms with Gasteiger partial charge in [0, 0.05) is 0 Å². The fraction of sp³-hybridized carbons (Fsp3) is 0.455. The van der Waals surface area contributed by atoms with Gasteiger partial charge >= 0.3 is 0 Å². The number of hydrogen-bond donors (Lipinski definition) is 6. The summed E-state index contributed by atoms with van der Waals surface area (Å²) < 4.78 is 53.2. The summed E-state index contributed by atoms with van der Waals surface area (Å²) in [6.45, 7) is 20.0. The molecule has 0 heterocycles. The average Bonchev–Trinajstić information content (AvgIpc) is 3.55. The number of benzene rings is 6. The van der Waals surface area contributed by atoms with E-state index in [0.717, 1.165) is 32.7 Å².